The molecule has 0 aliphatic heterocycles. The van der Waals surface area contributed by atoms with Crippen LogP contribution in [0.25, 0.3) is 0 Å². The van der Waals surface area contributed by atoms with Crippen LogP contribution >= 0.6 is 0 Å². The summed E-state index contributed by atoms with van der Waals surface area (Å²) in [5.74, 6) is 0. The Morgan fingerprint density at radius 3 is 2.14 bits per heavy atom. The first-order chi connectivity index (χ1) is 3.39. The van der Waals surface area contributed by atoms with Gasteiger partial charge in [-0.25, -0.2) is 9.97 Å². The lowest BCUT2D eigenvalue weighted by atomic mass is 10.0. The van der Waals surface area contributed by atoms with Crippen LogP contribution in [0.2, 0.25) is 0 Å². The Hall–Kier alpha value is -0.855. The predicted molar refractivity (Wildman–Crippen MR) is 30.2 cm³/mol. The molecule has 0 N–H and O–H groups in total. The molecule has 1 heterocycles. The zero-order valence-corrected chi connectivity index (χ0v) is 4.13. The summed E-state index contributed by atoms with van der Waals surface area (Å²) in [4.78, 5) is 7.55. The molecule has 0 aliphatic rings. The molecule has 0 aliphatic carbocycles. The molecule has 0 spiro atoms. The second-order valence-electron chi connectivity index (χ2n) is 1.42. The highest BCUT2D eigenvalue weighted by Gasteiger charge is 1.74. The van der Waals surface area contributed by atoms with Crippen LogP contribution in [0.4, 0.5) is 0 Å². The van der Waals surface area contributed by atoms with Gasteiger partial charge in [0.05, 0.1) is 0 Å². The van der Waals surface area contributed by atoms with Gasteiger partial charge in [-0.2, -0.15) is 0 Å². The molecule has 1 aromatic heterocycles. The maximum absolute atomic E-state index is 3.77. The average molecular weight is 91.9 g/mol. The Morgan fingerprint density at radius 1 is 1.29 bits per heavy atom. The summed E-state index contributed by atoms with van der Waals surface area (Å²) in [6.45, 7) is 0. The van der Waals surface area contributed by atoms with E-state index in [1.807, 2.05) is 7.85 Å². The fraction of sp³-hybridized carbons (Fsp3) is 0. The minimum absolute atomic E-state index is 1.10. The molecule has 0 bridgehead atoms. The molecule has 0 radical (unpaired) electrons. The van der Waals surface area contributed by atoms with Crippen LogP contribution < -0.4 is 5.46 Å². The molecular formula is C4H5BN2. The minimum Gasteiger partial charge on any atom is -0.245 e. The molecule has 34 valence electrons. The first-order valence-electron chi connectivity index (χ1n) is 2.11. The van der Waals surface area contributed by atoms with Crippen molar-refractivity contribution in [3.63, 3.8) is 0 Å². The molecule has 0 aromatic carbocycles. The van der Waals surface area contributed by atoms with Crippen LogP contribution in [-0.2, 0) is 0 Å². The second-order valence-corrected chi connectivity index (χ2v) is 1.42. The monoisotopic (exact) mass is 92.1 g/mol. The van der Waals surface area contributed by atoms with E-state index in [1.54, 1.807) is 12.4 Å². The molecule has 7 heavy (non-hydrogen) atoms. The Labute approximate surface area is 43.0 Å². The van der Waals surface area contributed by atoms with E-state index in [2.05, 4.69) is 9.97 Å². The van der Waals surface area contributed by atoms with Gasteiger partial charge in [-0.15, -0.1) is 0 Å². The Kier molecular flexibility index (Phi) is 1.07. The fourth-order valence-corrected chi connectivity index (χ4v) is 0.374. The van der Waals surface area contributed by atoms with Gasteiger partial charge in [-0.1, -0.05) is 5.46 Å². The van der Waals surface area contributed by atoms with E-state index in [1.165, 1.54) is 6.33 Å². The number of nitrogens with zero attached hydrogens (tertiary/aromatic N) is 2. The minimum atomic E-state index is 1.10. The van der Waals surface area contributed by atoms with E-state index in [9.17, 15) is 0 Å². The second kappa shape index (κ2) is 1.73. The highest BCUT2D eigenvalue weighted by Crippen LogP contribution is 1.62. The SMILES string of the molecule is Bc1cncnc1. The molecule has 0 amide bonds. The van der Waals surface area contributed by atoms with Gasteiger partial charge < -0.3 is 0 Å². The third-order valence-electron chi connectivity index (χ3n) is 0.690. The summed E-state index contributed by atoms with van der Waals surface area (Å²) < 4.78 is 0. The van der Waals surface area contributed by atoms with Crippen molar-refractivity contribution in [3.05, 3.63) is 18.7 Å². The van der Waals surface area contributed by atoms with Crippen LogP contribution in [0.1, 0.15) is 0 Å². The van der Waals surface area contributed by atoms with Crippen LogP contribution in [-0.4, -0.2) is 17.8 Å². The molecule has 1 rings (SSSR count). The van der Waals surface area contributed by atoms with Crippen LogP contribution in [0.3, 0.4) is 0 Å². The summed E-state index contributed by atoms with van der Waals surface area (Å²) in [6, 6.07) is 0. The third kappa shape index (κ3) is 0.997. The third-order valence-corrected chi connectivity index (χ3v) is 0.690. The molecule has 3 heteroatoms. The zero-order chi connectivity index (χ0) is 5.11. The summed E-state index contributed by atoms with van der Waals surface area (Å²) in [7, 11) is 1.96. The maximum atomic E-state index is 3.77. The normalized spacial score (nSPS) is 8.57. The first-order valence-corrected chi connectivity index (χ1v) is 2.11. The number of rotatable bonds is 0. The van der Waals surface area contributed by atoms with Gasteiger partial charge in [-0.05, 0) is 0 Å². The van der Waals surface area contributed by atoms with Crippen molar-refractivity contribution >= 4 is 13.3 Å². The quantitative estimate of drug-likeness (QED) is 0.373. The van der Waals surface area contributed by atoms with E-state index in [0.29, 0.717) is 0 Å². The van der Waals surface area contributed by atoms with Gasteiger partial charge in [0.2, 0.25) is 0 Å². The molecule has 0 saturated carbocycles. The van der Waals surface area contributed by atoms with Crippen LogP contribution in [0, 0.1) is 0 Å². The lowest BCUT2D eigenvalue weighted by Gasteiger charge is -1.81. The first kappa shape index (κ1) is 4.31. The summed E-state index contributed by atoms with van der Waals surface area (Å²) >= 11 is 0. The van der Waals surface area contributed by atoms with Gasteiger partial charge in [0.15, 0.2) is 0 Å². The van der Waals surface area contributed by atoms with Crippen molar-refractivity contribution < 1.29 is 0 Å². The van der Waals surface area contributed by atoms with Crippen molar-refractivity contribution in [3.8, 4) is 0 Å². The van der Waals surface area contributed by atoms with Gasteiger partial charge in [0.25, 0.3) is 0 Å². The molecular weight excluding hydrogens is 86.9 g/mol. The van der Waals surface area contributed by atoms with E-state index in [4.69, 9.17) is 0 Å². The molecule has 2 nitrogen and oxygen atoms in total. The van der Waals surface area contributed by atoms with Gasteiger partial charge in [0, 0.05) is 12.4 Å². The summed E-state index contributed by atoms with van der Waals surface area (Å²) in [5.41, 5.74) is 1.10. The molecule has 1 aromatic rings. The van der Waals surface area contributed by atoms with Crippen molar-refractivity contribution in [2.45, 2.75) is 0 Å². The van der Waals surface area contributed by atoms with E-state index < -0.39 is 0 Å². The standard InChI is InChI=1S/C4H5BN2/c5-4-1-6-3-7-2-4/h1-3H,5H2. The lowest BCUT2D eigenvalue weighted by Crippen LogP contribution is -2.01. The average Bonchev–Trinajstić information content (AvgIpc) is 1.69. The molecule has 0 unspecified atom stereocenters. The van der Waals surface area contributed by atoms with Crippen LogP contribution in [0.15, 0.2) is 18.7 Å². The van der Waals surface area contributed by atoms with Gasteiger partial charge >= 0.3 is 0 Å². The number of aromatic nitrogens is 2. The smallest absolute Gasteiger partial charge is 0.143 e. The number of hydrogen-bond donors (Lipinski definition) is 0. The zero-order valence-electron chi connectivity index (χ0n) is 4.13. The molecule has 0 fully saturated rings. The lowest BCUT2D eigenvalue weighted by molar-refractivity contribution is 1.19. The van der Waals surface area contributed by atoms with Crippen LogP contribution in [0.5, 0.6) is 0 Å². The van der Waals surface area contributed by atoms with Crippen molar-refractivity contribution in [2.24, 2.45) is 0 Å². The highest BCUT2D eigenvalue weighted by atomic mass is 14.8. The molecule has 0 atom stereocenters. The highest BCUT2D eigenvalue weighted by molar-refractivity contribution is 6.31. The Balaban J connectivity index is 3.02. The number of hydrogen-bond acceptors (Lipinski definition) is 2. The van der Waals surface area contributed by atoms with Crippen molar-refractivity contribution in [1.29, 1.82) is 0 Å². The van der Waals surface area contributed by atoms with Crippen molar-refractivity contribution in [2.75, 3.05) is 0 Å². The largest absolute Gasteiger partial charge is 0.245 e. The summed E-state index contributed by atoms with van der Waals surface area (Å²) in [6.07, 6.45) is 5.06. The topological polar surface area (TPSA) is 25.8 Å². The summed E-state index contributed by atoms with van der Waals surface area (Å²) in [5, 5.41) is 0. The molecule has 0 saturated heterocycles. The van der Waals surface area contributed by atoms with E-state index in [-0.39, 0.29) is 0 Å². The maximum Gasteiger partial charge on any atom is 0.143 e. The predicted octanol–water partition coefficient (Wildman–Crippen LogP) is -1.27. The van der Waals surface area contributed by atoms with E-state index in [0.717, 1.165) is 5.46 Å². The van der Waals surface area contributed by atoms with E-state index >= 15 is 0 Å². The fourth-order valence-electron chi connectivity index (χ4n) is 0.374. The van der Waals surface area contributed by atoms with Crippen molar-refractivity contribution in [1.82, 2.24) is 9.97 Å². The van der Waals surface area contributed by atoms with Gasteiger partial charge in [0.1, 0.15) is 14.2 Å². The Morgan fingerprint density at radius 2 is 1.86 bits per heavy atom. The Bertz CT molecular complexity index is 140. The van der Waals surface area contributed by atoms with Gasteiger partial charge in [-0.3, -0.25) is 0 Å².